The summed E-state index contributed by atoms with van der Waals surface area (Å²) in [5, 5.41) is 3.28. The molecule has 84 valence electrons. The first-order chi connectivity index (χ1) is 7.24. The van der Waals surface area contributed by atoms with Crippen LogP contribution in [0.15, 0.2) is 12.7 Å². The predicted molar refractivity (Wildman–Crippen MR) is 64.0 cm³/mol. The maximum absolute atomic E-state index is 11.5. The van der Waals surface area contributed by atoms with Crippen LogP contribution in [0.25, 0.3) is 0 Å². The van der Waals surface area contributed by atoms with Gasteiger partial charge in [0.15, 0.2) is 5.11 Å². The highest BCUT2D eigenvalue weighted by molar-refractivity contribution is 7.80. The summed E-state index contributed by atoms with van der Waals surface area (Å²) >= 11 is 4.93. The lowest BCUT2D eigenvalue weighted by atomic mass is 10.1. The van der Waals surface area contributed by atoms with E-state index in [-0.39, 0.29) is 11.8 Å². The molecule has 3 N–H and O–H groups in total. The van der Waals surface area contributed by atoms with Crippen molar-refractivity contribution in [3.05, 3.63) is 12.7 Å². The molecule has 0 aromatic heterocycles. The largest absolute Gasteiger partial charge is 0.358 e. The first kappa shape index (κ1) is 12.0. The molecular formula is C10H17N3OS. The molecule has 0 unspecified atom stereocenters. The van der Waals surface area contributed by atoms with E-state index in [2.05, 4.69) is 22.7 Å². The number of carbonyl (C=O) groups excluding carboxylic acids is 1. The molecule has 0 radical (unpaired) electrons. The van der Waals surface area contributed by atoms with Gasteiger partial charge in [-0.15, -0.1) is 6.58 Å². The number of carbonyl (C=O) groups is 1. The normalized spacial score (nSPS) is 15.7. The zero-order valence-electron chi connectivity index (χ0n) is 8.71. The van der Waals surface area contributed by atoms with E-state index in [1.54, 1.807) is 6.08 Å². The number of thiocarbonyl (C=S) groups is 1. The highest BCUT2D eigenvalue weighted by Crippen LogP contribution is 2.24. The summed E-state index contributed by atoms with van der Waals surface area (Å²) in [6, 6.07) is 0. The van der Waals surface area contributed by atoms with Gasteiger partial charge in [0.1, 0.15) is 0 Å². The molecule has 0 saturated heterocycles. The van der Waals surface area contributed by atoms with Gasteiger partial charge in [0, 0.05) is 12.5 Å². The number of nitrogens with one attached hydrogen (secondary N) is 3. The van der Waals surface area contributed by atoms with Crippen molar-refractivity contribution in [2.45, 2.75) is 25.7 Å². The van der Waals surface area contributed by atoms with Crippen molar-refractivity contribution >= 4 is 23.2 Å². The van der Waals surface area contributed by atoms with Crippen LogP contribution >= 0.6 is 12.2 Å². The fourth-order valence-corrected chi connectivity index (χ4v) is 1.75. The first-order valence-corrected chi connectivity index (χ1v) is 5.59. The summed E-state index contributed by atoms with van der Waals surface area (Å²) in [5.74, 6) is 0.190. The summed E-state index contributed by atoms with van der Waals surface area (Å²) in [6.07, 6.45) is 5.97. The zero-order valence-corrected chi connectivity index (χ0v) is 9.53. The lowest BCUT2D eigenvalue weighted by Crippen LogP contribution is -2.48. The molecule has 0 aliphatic heterocycles. The van der Waals surface area contributed by atoms with Crippen molar-refractivity contribution in [3.8, 4) is 0 Å². The van der Waals surface area contributed by atoms with Gasteiger partial charge in [-0.2, -0.15) is 0 Å². The topological polar surface area (TPSA) is 53.2 Å². The van der Waals surface area contributed by atoms with Crippen LogP contribution in [0.4, 0.5) is 0 Å². The number of rotatable bonds is 3. The van der Waals surface area contributed by atoms with Crippen LogP contribution in [0.2, 0.25) is 0 Å². The van der Waals surface area contributed by atoms with Gasteiger partial charge < -0.3 is 5.32 Å². The van der Waals surface area contributed by atoms with E-state index in [0.29, 0.717) is 11.7 Å². The number of hydrogen-bond acceptors (Lipinski definition) is 2. The third-order valence-corrected chi connectivity index (χ3v) is 2.68. The molecular weight excluding hydrogens is 210 g/mol. The maximum Gasteiger partial charge on any atom is 0.241 e. The molecule has 0 aromatic rings. The van der Waals surface area contributed by atoms with E-state index < -0.39 is 0 Å². The van der Waals surface area contributed by atoms with Crippen molar-refractivity contribution in [1.29, 1.82) is 0 Å². The van der Waals surface area contributed by atoms with Gasteiger partial charge in [0.05, 0.1) is 0 Å². The van der Waals surface area contributed by atoms with Crippen LogP contribution in [-0.2, 0) is 4.79 Å². The third kappa shape index (κ3) is 4.29. The summed E-state index contributed by atoms with van der Waals surface area (Å²) in [4.78, 5) is 11.5. The Kier molecular flexibility index (Phi) is 5.10. The molecule has 0 heterocycles. The van der Waals surface area contributed by atoms with Crippen LogP contribution in [0.5, 0.6) is 0 Å². The average molecular weight is 227 g/mol. The van der Waals surface area contributed by atoms with Gasteiger partial charge in [-0.3, -0.25) is 15.6 Å². The minimum absolute atomic E-state index is 0.0373. The van der Waals surface area contributed by atoms with Gasteiger partial charge in [-0.1, -0.05) is 18.9 Å². The highest BCUT2D eigenvalue weighted by Gasteiger charge is 2.22. The predicted octanol–water partition coefficient (Wildman–Crippen LogP) is 0.858. The molecule has 1 saturated carbocycles. The Morgan fingerprint density at radius 2 is 2.07 bits per heavy atom. The smallest absolute Gasteiger partial charge is 0.241 e. The van der Waals surface area contributed by atoms with Gasteiger partial charge >= 0.3 is 0 Å². The Morgan fingerprint density at radius 3 is 2.67 bits per heavy atom. The van der Waals surface area contributed by atoms with E-state index >= 15 is 0 Å². The maximum atomic E-state index is 11.5. The van der Waals surface area contributed by atoms with E-state index in [4.69, 9.17) is 12.2 Å². The molecule has 4 nitrogen and oxygen atoms in total. The van der Waals surface area contributed by atoms with Crippen LogP contribution in [-0.4, -0.2) is 17.6 Å². The molecule has 1 fully saturated rings. The Hall–Kier alpha value is -1.10. The fraction of sp³-hybridized carbons (Fsp3) is 0.600. The Morgan fingerprint density at radius 1 is 1.40 bits per heavy atom. The van der Waals surface area contributed by atoms with Crippen LogP contribution in [0.1, 0.15) is 25.7 Å². The third-order valence-electron chi connectivity index (χ3n) is 2.43. The Labute approximate surface area is 95.5 Å². The number of hydrazine groups is 1. The SMILES string of the molecule is C=CCNC(=S)NNC(=O)C1CCCC1. The summed E-state index contributed by atoms with van der Waals surface area (Å²) in [7, 11) is 0. The average Bonchev–Trinajstić information content (AvgIpc) is 2.76. The summed E-state index contributed by atoms with van der Waals surface area (Å²) < 4.78 is 0. The number of amides is 1. The fourth-order valence-electron chi connectivity index (χ4n) is 1.62. The second-order valence-electron chi connectivity index (χ2n) is 3.59. The standard InChI is InChI=1S/C10H17N3OS/c1-2-7-11-10(15)13-12-9(14)8-5-3-4-6-8/h2,8H,1,3-7H2,(H,12,14)(H2,11,13,15). The van der Waals surface area contributed by atoms with Crippen LogP contribution < -0.4 is 16.2 Å². The van der Waals surface area contributed by atoms with Crippen molar-refractivity contribution in [1.82, 2.24) is 16.2 Å². The quantitative estimate of drug-likeness (QED) is 0.380. The van der Waals surface area contributed by atoms with Gasteiger partial charge in [0.25, 0.3) is 0 Å². The lowest BCUT2D eigenvalue weighted by molar-refractivity contribution is -0.125. The first-order valence-electron chi connectivity index (χ1n) is 5.18. The Balaban J connectivity index is 2.15. The van der Waals surface area contributed by atoms with Gasteiger partial charge in [0.2, 0.25) is 5.91 Å². The molecule has 0 spiro atoms. The second kappa shape index (κ2) is 6.40. The Bertz CT molecular complexity index is 249. The van der Waals surface area contributed by atoms with Gasteiger partial charge in [-0.05, 0) is 25.1 Å². The lowest BCUT2D eigenvalue weighted by Gasteiger charge is -2.13. The highest BCUT2D eigenvalue weighted by atomic mass is 32.1. The van der Waals surface area contributed by atoms with E-state index in [0.717, 1.165) is 25.7 Å². The van der Waals surface area contributed by atoms with Gasteiger partial charge in [-0.25, -0.2) is 0 Å². The molecule has 0 atom stereocenters. The second-order valence-corrected chi connectivity index (χ2v) is 4.00. The van der Waals surface area contributed by atoms with Crippen LogP contribution in [0.3, 0.4) is 0 Å². The van der Waals surface area contributed by atoms with E-state index in [1.807, 2.05) is 0 Å². The molecule has 15 heavy (non-hydrogen) atoms. The molecule has 5 heteroatoms. The van der Waals surface area contributed by atoms with Crippen molar-refractivity contribution < 1.29 is 4.79 Å². The summed E-state index contributed by atoms with van der Waals surface area (Å²) in [5.41, 5.74) is 5.27. The van der Waals surface area contributed by atoms with E-state index in [9.17, 15) is 4.79 Å². The minimum atomic E-state index is 0.0373. The molecule has 1 amide bonds. The number of hydrogen-bond donors (Lipinski definition) is 3. The molecule has 0 bridgehead atoms. The van der Waals surface area contributed by atoms with Crippen LogP contribution in [0, 0.1) is 5.92 Å². The van der Waals surface area contributed by atoms with E-state index in [1.165, 1.54) is 0 Å². The molecule has 1 aliphatic rings. The van der Waals surface area contributed by atoms with Crippen molar-refractivity contribution in [3.63, 3.8) is 0 Å². The van der Waals surface area contributed by atoms with Crippen molar-refractivity contribution in [2.24, 2.45) is 5.92 Å². The zero-order chi connectivity index (χ0) is 11.1. The monoisotopic (exact) mass is 227 g/mol. The molecule has 0 aromatic carbocycles. The summed E-state index contributed by atoms with van der Waals surface area (Å²) in [6.45, 7) is 4.14. The molecule has 1 aliphatic carbocycles. The van der Waals surface area contributed by atoms with Crippen molar-refractivity contribution in [2.75, 3.05) is 6.54 Å². The molecule has 1 rings (SSSR count). The minimum Gasteiger partial charge on any atom is -0.358 e.